The number of nitrogens with zero attached hydrogens (tertiary/aromatic N) is 2. The summed E-state index contributed by atoms with van der Waals surface area (Å²) in [5, 5.41) is 3.28. The summed E-state index contributed by atoms with van der Waals surface area (Å²) >= 11 is 7.41. The number of carbonyl (C=O) groups excluding carboxylic acids is 2. The first-order chi connectivity index (χ1) is 13.6. The van der Waals surface area contributed by atoms with Gasteiger partial charge in [0.1, 0.15) is 16.7 Å². The molecule has 1 unspecified atom stereocenters. The molecule has 1 aromatic heterocycles. The molecule has 1 saturated heterocycles. The maximum atomic E-state index is 12.8. The van der Waals surface area contributed by atoms with Gasteiger partial charge in [-0.25, -0.2) is 18.3 Å². The molecule has 1 N–H and O–H groups in total. The van der Waals surface area contributed by atoms with Gasteiger partial charge in [-0.1, -0.05) is 11.6 Å². The number of halogens is 1. The summed E-state index contributed by atoms with van der Waals surface area (Å²) in [6.45, 7) is 8.14. The van der Waals surface area contributed by atoms with Gasteiger partial charge in [0.2, 0.25) is 0 Å². The van der Waals surface area contributed by atoms with Crippen LogP contribution in [-0.4, -0.2) is 62.1 Å². The average Bonchev–Trinajstić information content (AvgIpc) is 2.98. The summed E-state index contributed by atoms with van der Waals surface area (Å²) in [5.41, 5.74) is -1.97. The molecule has 0 saturated carbocycles. The summed E-state index contributed by atoms with van der Waals surface area (Å²) < 4.78 is 30.9. The predicted molar refractivity (Wildman–Crippen MR) is 116 cm³/mol. The second kappa shape index (κ2) is 8.45. The molecular weight excluding hydrogens is 454 g/mol. The summed E-state index contributed by atoms with van der Waals surface area (Å²) in [6, 6.07) is 1.46. The van der Waals surface area contributed by atoms with Crippen LogP contribution in [0.25, 0.3) is 0 Å². The van der Waals surface area contributed by atoms with Crippen molar-refractivity contribution in [1.29, 1.82) is 0 Å². The van der Waals surface area contributed by atoms with Crippen LogP contribution < -0.4 is 5.32 Å². The van der Waals surface area contributed by atoms with Crippen LogP contribution >= 0.6 is 22.9 Å². The molecular formula is C18H26ClN3O6S2. The Kier molecular flexibility index (Phi) is 6.92. The zero-order chi connectivity index (χ0) is 23.1. The Morgan fingerprint density at radius 3 is 2.53 bits per heavy atom. The van der Waals surface area contributed by atoms with Gasteiger partial charge < -0.3 is 10.1 Å². The number of sulfone groups is 1. The molecule has 2 heterocycles. The SMILES string of the molecule is CON(C)C(=O)c1cc(Cl)c([C@]2(C)CS(=O)(=O)C(C)/C(=N\C(=O)OC(C)(C)C)N2)s1. The van der Waals surface area contributed by atoms with Gasteiger partial charge in [-0.15, -0.1) is 11.3 Å². The van der Waals surface area contributed by atoms with E-state index >= 15 is 0 Å². The van der Waals surface area contributed by atoms with Crippen LogP contribution in [0.1, 0.15) is 49.2 Å². The van der Waals surface area contributed by atoms with Gasteiger partial charge in [0, 0.05) is 7.05 Å². The number of carbonyl (C=O) groups is 2. The highest BCUT2D eigenvalue weighted by atomic mass is 35.5. The minimum absolute atomic E-state index is 0.0376. The van der Waals surface area contributed by atoms with Crippen molar-refractivity contribution in [3.63, 3.8) is 0 Å². The number of ether oxygens (including phenoxy) is 1. The molecule has 0 aromatic carbocycles. The number of nitrogens with one attached hydrogen (secondary N) is 1. The van der Waals surface area contributed by atoms with Crippen LogP contribution in [0.15, 0.2) is 11.1 Å². The third kappa shape index (κ3) is 5.32. The van der Waals surface area contributed by atoms with Crippen molar-refractivity contribution >= 4 is 50.6 Å². The number of amidine groups is 1. The highest BCUT2D eigenvalue weighted by molar-refractivity contribution is 7.92. The molecule has 12 heteroatoms. The Hall–Kier alpha value is -1.69. The molecule has 1 aliphatic heterocycles. The lowest BCUT2D eigenvalue weighted by molar-refractivity contribution is -0.0753. The van der Waals surface area contributed by atoms with E-state index in [1.54, 1.807) is 27.7 Å². The zero-order valence-electron chi connectivity index (χ0n) is 17.9. The molecule has 0 spiro atoms. The average molecular weight is 480 g/mol. The number of hydrogen-bond donors (Lipinski definition) is 1. The van der Waals surface area contributed by atoms with Crippen LogP contribution in [0.5, 0.6) is 0 Å². The van der Waals surface area contributed by atoms with Gasteiger partial charge in [-0.2, -0.15) is 4.99 Å². The number of amides is 2. The quantitative estimate of drug-likeness (QED) is 0.662. The first-order valence-electron chi connectivity index (χ1n) is 9.03. The predicted octanol–water partition coefficient (Wildman–Crippen LogP) is 2.99. The van der Waals surface area contributed by atoms with Crippen molar-refractivity contribution in [2.75, 3.05) is 19.9 Å². The van der Waals surface area contributed by atoms with Gasteiger partial charge in [0.25, 0.3) is 5.91 Å². The maximum Gasteiger partial charge on any atom is 0.435 e. The van der Waals surface area contributed by atoms with E-state index in [0.29, 0.717) is 4.88 Å². The first kappa shape index (κ1) is 24.6. The summed E-state index contributed by atoms with van der Waals surface area (Å²) in [5.74, 6) is -0.749. The van der Waals surface area contributed by atoms with Crippen molar-refractivity contribution in [3.05, 3.63) is 20.8 Å². The zero-order valence-corrected chi connectivity index (χ0v) is 20.3. The smallest absolute Gasteiger partial charge is 0.435 e. The van der Waals surface area contributed by atoms with Crippen molar-refractivity contribution in [2.24, 2.45) is 4.99 Å². The van der Waals surface area contributed by atoms with Crippen molar-refractivity contribution in [1.82, 2.24) is 10.4 Å². The second-order valence-electron chi connectivity index (χ2n) is 8.16. The minimum atomic E-state index is -3.68. The van der Waals surface area contributed by atoms with Crippen molar-refractivity contribution in [3.8, 4) is 0 Å². The molecule has 2 atom stereocenters. The third-order valence-corrected chi connectivity index (χ3v) is 8.46. The van der Waals surface area contributed by atoms with E-state index in [-0.39, 0.29) is 21.5 Å². The van der Waals surface area contributed by atoms with Crippen LogP contribution in [-0.2, 0) is 25.0 Å². The maximum absolute atomic E-state index is 12.8. The van der Waals surface area contributed by atoms with E-state index in [9.17, 15) is 18.0 Å². The van der Waals surface area contributed by atoms with Crippen LogP contribution in [0, 0.1) is 0 Å². The summed E-state index contributed by atoms with van der Waals surface area (Å²) in [4.78, 5) is 34.0. The van der Waals surface area contributed by atoms with Gasteiger partial charge in [0.05, 0.1) is 33.2 Å². The minimum Gasteiger partial charge on any atom is -0.442 e. The van der Waals surface area contributed by atoms with Gasteiger partial charge in [-0.3, -0.25) is 9.63 Å². The second-order valence-corrected chi connectivity index (χ2v) is 11.9. The Bertz CT molecular complexity index is 983. The summed E-state index contributed by atoms with van der Waals surface area (Å²) in [7, 11) is -0.873. The van der Waals surface area contributed by atoms with E-state index in [4.69, 9.17) is 21.2 Å². The van der Waals surface area contributed by atoms with E-state index < -0.39 is 38.2 Å². The molecule has 0 bridgehead atoms. The Balaban J connectivity index is 2.47. The Morgan fingerprint density at radius 2 is 2.00 bits per heavy atom. The Morgan fingerprint density at radius 1 is 1.40 bits per heavy atom. The number of thiophene rings is 1. The monoisotopic (exact) mass is 479 g/mol. The fraction of sp³-hybridized carbons (Fsp3) is 0.611. The van der Waals surface area contributed by atoms with Gasteiger partial charge in [-0.05, 0) is 40.7 Å². The summed E-state index contributed by atoms with van der Waals surface area (Å²) in [6.07, 6.45) is -0.897. The number of rotatable bonds is 3. The van der Waals surface area contributed by atoms with E-state index in [1.165, 1.54) is 27.1 Å². The Labute approximate surface area is 185 Å². The van der Waals surface area contributed by atoms with Crippen LogP contribution in [0.2, 0.25) is 5.02 Å². The van der Waals surface area contributed by atoms with Crippen LogP contribution in [0.3, 0.4) is 0 Å². The van der Waals surface area contributed by atoms with E-state index in [2.05, 4.69) is 10.3 Å². The van der Waals surface area contributed by atoms with Crippen LogP contribution in [0.4, 0.5) is 4.79 Å². The molecule has 2 rings (SSSR count). The van der Waals surface area contributed by atoms with E-state index in [1.807, 2.05) is 0 Å². The largest absolute Gasteiger partial charge is 0.442 e. The molecule has 168 valence electrons. The molecule has 1 aromatic rings. The third-order valence-electron chi connectivity index (χ3n) is 4.38. The first-order valence-corrected chi connectivity index (χ1v) is 11.9. The molecule has 30 heavy (non-hydrogen) atoms. The molecule has 0 aliphatic carbocycles. The molecule has 1 aliphatic rings. The van der Waals surface area contributed by atoms with E-state index in [0.717, 1.165) is 16.4 Å². The fourth-order valence-corrected chi connectivity index (χ4v) is 6.26. The lowest BCUT2D eigenvalue weighted by Gasteiger charge is -2.38. The lowest BCUT2D eigenvalue weighted by atomic mass is 10.0. The molecule has 0 radical (unpaired) electrons. The molecule has 9 nitrogen and oxygen atoms in total. The van der Waals surface area contributed by atoms with Gasteiger partial charge in [0.15, 0.2) is 9.84 Å². The topological polar surface area (TPSA) is 114 Å². The van der Waals surface area contributed by atoms with Crippen molar-refractivity contribution < 1.29 is 27.6 Å². The number of hydrogen-bond acceptors (Lipinski definition) is 7. The molecule has 2 amide bonds. The van der Waals surface area contributed by atoms with Crippen molar-refractivity contribution in [2.45, 2.75) is 51.0 Å². The molecule has 1 fully saturated rings. The standard InChI is InChI=1S/C18H26ClN3O6S2/c1-10-14(20-16(24)28-17(2,3)4)21-18(5,9-30(10,25)26)13-11(19)8-12(29-13)15(23)22(6)27-7/h8,10H,9H2,1-7H3,(H,20,21,24)/t10?,18-/m0/s1. The number of aliphatic imine (C=N–C) groups is 1. The lowest BCUT2D eigenvalue weighted by Crippen LogP contribution is -2.59. The highest BCUT2D eigenvalue weighted by Gasteiger charge is 2.46. The highest BCUT2D eigenvalue weighted by Crippen LogP contribution is 2.39. The number of hydroxylamine groups is 2. The van der Waals surface area contributed by atoms with Gasteiger partial charge >= 0.3 is 6.09 Å². The fourth-order valence-electron chi connectivity index (χ4n) is 2.83. The normalized spacial score (nSPS) is 24.9.